The lowest BCUT2D eigenvalue weighted by Crippen LogP contribution is -2.43. The Hall–Kier alpha value is -0.900. The van der Waals surface area contributed by atoms with Crippen molar-refractivity contribution >= 4 is 11.8 Å². The number of imide groups is 1. The average Bonchev–Trinajstić information content (AvgIpc) is 2.59. The van der Waals surface area contributed by atoms with Crippen LogP contribution in [0.25, 0.3) is 0 Å². The first-order chi connectivity index (χ1) is 7.53. The first-order valence-corrected chi connectivity index (χ1v) is 6.12. The molecule has 2 aliphatic heterocycles. The van der Waals surface area contributed by atoms with Crippen molar-refractivity contribution in [2.75, 3.05) is 13.1 Å². The molecule has 16 heavy (non-hydrogen) atoms. The minimum absolute atomic E-state index is 0.0265. The Morgan fingerprint density at radius 1 is 1.31 bits per heavy atom. The zero-order valence-electron chi connectivity index (χ0n) is 9.82. The molecule has 0 aromatic heterocycles. The second-order valence-corrected chi connectivity index (χ2v) is 5.86. The van der Waals surface area contributed by atoms with Crippen LogP contribution >= 0.6 is 0 Å². The predicted molar refractivity (Wildman–Crippen MR) is 58.5 cm³/mol. The van der Waals surface area contributed by atoms with E-state index in [4.69, 9.17) is 0 Å². The topological polar surface area (TPSA) is 49.4 Å². The summed E-state index contributed by atoms with van der Waals surface area (Å²) in [6, 6.07) is 0.327. The zero-order valence-corrected chi connectivity index (χ0v) is 9.82. The normalized spacial score (nSPS) is 40.4. The minimum Gasteiger partial charge on any atom is -0.312 e. The van der Waals surface area contributed by atoms with Crippen LogP contribution in [-0.2, 0) is 9.59 Å². The summed E-state index contributed by atoms with van der Waals surface area (Å²) in [5.41, 5.74) is -0.0756. The molecular formula is C12H18N2O2. The number of carbonyl (C=O) groups excluding carboxylic acids is 2. The molecule has 1 saturated carbocycles. The quantitative estimate of drug-likeness (QED) is 0.687. The third-order valence-electron chi connectivity index (χ3n) is 4.46. The molecule has 2 heterocycles. The maximum absolute atomic E-state index is 12.0. The number of nitrogens with zero attached hydrogens (tertiary/aromatic N) is 1. The first kappa shape index (κ1) is 10.3. The molecule has 0 bridgehead atoms. The average molecular weight is 222 g/mol. The number of carbonyl (C=O) groups is 2. The lowest BCUT2D eigenvalue weighted by atomic mass is 10.1. The second-order valence-electron chi connectivity index (χ2n) is 5.86. The largest absolute Gasteiger partial charge is 0.312 e. The molecule has 3 rings (SSSR count). The van der Waals surface area contributed by atoms with Crippen molar-refractivity contribution in [2.45, 2.75) is 32.7 Å². The number of likely N-dealkylation sites (tertiary alicyclic amines) is 1. The SMILES string of the molecule is CC1(C)C2C(=O)N(CC3CCCN3)C(=O)C21. The summed E-state index contributed by atoms with van der Waals surface area (Å²) in [4.78, 5) is 25.6. The van der Waals surface area contributed by atoms with Crippen molar-refractivity contribution in [3.8, 4) is 0 Å². The van der Waals surface area contributed by atoms with Crippen LogP contribution in [0.1, 0.15) is 26.7 Å². The smallest absolute Gasteiger partial charge is 0.233 e. The van der Waals surface area contributed by atoms with E-state index in [0.717, 1.165) is 19.4 Å². The third-order valence-corrected chi connectivity index (χ3v) is 4.46. The van der Waals surface area contributed by atoms with E-state index in [9.17, 15) is 9.59 Å². The van der Waals surface area contributed by atoms with Crippen LogP contribution in [0.5, 0.6) is 0 Å². The maximum atomic E-state index is 12.0. The molecule has 2 saturated heterocycles. The van der Waals surface area contributed by atoms with Crippen LogP contribution in [0.3, 0.4) is 0 Å². The molecule has 0 spiro atoms. The fourth-order valence-electron chi connectivity index (χ4n) is 3.32. The number of piperidine rings is 1. The van der Waals surface area contributed by atoms with Gasteiger partial charge in [0, 0.05) is 12.6 Å². The van der Waals surface area contributed by atoms with E-state index in [1.165, 1.54) is 4.90 Å². The molecule has 0 aromatic carbocycles. The zero-order chi connectivity index (χ0) is 11.5. The molecule has 1 aliphatic carbocycles. The summed E-state index contributed by atoms with van der Waals surface area (Å²) in [6.45, 7) is 5.63. The van der Waals surface area contributed by atoms with Gasteiger partial charge in [-0.05, 0) is 24.8 Å². The second kappa shape index (κ2) is 3.06. The Morgan fingerprint density at radius 2 is 1.94 bits per heavy atom. The predicted octanol–water partition coefficient (Wildman–Crippen LogP) is 0.379. The number of nitrogens with one attached hydrogen (secondary N) is 1. The molecule has 3 aliphatic rings. The van der Waals surface area contributed by atoms with Crippen LogP contribution in [0, 0.1) is 17.3 Å². The van der Waals surface area contributed by atoms with Crippen molar-refractivity contribution in [2.24, 2.45) is 17.3 Å². The van der Waals surface area contributed by atoms with Gasteiger partial charge < -0.3 is 5.32 Å². The van der Waals surface area contributed by atoms with Crippen molar-refractivity contribution in [1.82, 2.24) is 10.2 Å². The molecule has 3 fully saturated rings. The Balaban J connectivity index is 1.70. The van der Waals surface area contributed by atoms with Crippen molar-refractivity contribution in [3.63, 3.8) is 0 Å². The Morgan fingerprint density at radius 3 is 2.44 bits per heavy atom. The van der Waals surface area contributed by atoms with E-state index >= 15 is 0 Å². The monoisotopic (exact) mass is 222 g/mol. The van der Waals surface area contributed by atoms with Crippen LogP contribution in [0.2, 0.25) is 0 Å². The van der Waals surface area contributed by atoms with Crippen LogP contribution in [0.15, 0.2) is 0 Å². The van der Waals surface area contributed by atoms with Gasteiger partial charge >= 0.3 is 0 Å². The fraction of sp³-hybridized carbons (Fsp3) is 0.833. The first-order valence-electron chi connectivity index (χ1n) is 6.12. The molecule has 1 N–H and O–H groups in total. The van der Waals surface area contributed by atoms with Gasteiger partial charge in [-0.1, -0.05) is 13.8 Å². The molecule has 4 heteroatoms. The van der Waals surface area contributed by atoms with E-state index < -0.39 is 0 Å². The summed E-state index contributed by atoms with van der Waals surface area (Å²) in [5.74, 6) is 0.0743. The van der Waals surface area contributed by atoms with Gasteiger partial charge in [-0.25, -0.2) is 0 Å². The molecule has 3 atom stereocenters. The van der Waals surface area contributed by atoms with E-state index in [-0.39, 0.29) is 29.1 Å². The van der Waals surface area contributed by atoms with Gasteiger partial charge in [0.15, 0.2) is 0 Å². The lowest BCUT2D eigenvalue weighted by molar-refractivity contribution is -0.143. The molecule has 3 unspecified atom stereocenters. The van der Waals surface area contributed by atoms with Crippen LogP contribution in [0.4, 0.5) is 0 Å². The lowest BCUT2D eigenvalue weighted by Gasteiger charge is -2.23. The van der Waals surface area contributed by atoms with Gasteiger partial charge in [-0.15, -0.1) is 0 Å². The maximum Gasteiger partial charge on any atom is 0.233 e. The fourth-order valence-corrected chi connectivity index (χ4v) is 3.32. The van der Waals surface area contributed by atoms with Gasteiger partial charge in [-0.3, -0.25) is 14.5 Å². The molecule has 4 nitrogen and oxygen atoms in total. The molecule has 88 valence electrons. The molecule has 0 aromatic rings. The summed E-state index contributed by atoms with van der Waals surface area (Å²) >= 11 is 0. The molecular weight excluding hydrogens is 204 g/mol. The number of hydrogen-bond donors (Lipinski definition) is 1. The van der Waals surface area contributed by atoms with Crippen molar-refractivity contribution in [1.29, 1.82) is 0 Å². The number of fused-ring (bicyclic) bond motifs is 1. The highest BCUT2D eigenvalue weighted by atomic mass is 16.2. The molecule has 2 amide bonds. The van der Waals surface area contributed by atoms with E-state index in [1.807, 2.05) is 13.8 Å². The van der Waals surface area contributed by atoms with Gasteiger partial charge in [0.1, 0.15) is 0 Å². The minimum atomic E-state index is -0.0756. The third kappa shape index (κ3) is 1.19. The number of rotatable bonds is 2. The highest BCUT2D eigenvalue weighted by molar-refractivity contribution is 6.10. The highest BCUT2D eigenvalue weighted by Crippen LogP contribution is 2.63. The van der Waals surface area contributed by atoms with Crippen molar-refractivity contribution < 1.29 is 9.59 Å². The number of amides is 2. The van der Waals surface area contributed by atoms with E-state index in [2.05, 4.69) is 5.32 Å². The van der Waals surface area contributed by atoms with Gasteiger partial charge in [0.25, 0.3) is 0 Å². The van der Waals surface area contributed by atoms with Crippen molar-refractivity contribution in [3.05, 3.63) is 0 Å². The summed E-state index contributed by atoms with van der Waals surface area (Å²) in [6.07, 6.45) is 2.23. The van der Waals surface area contributed by atoms with E-state index in [0.29, 0.717) is 12.6 Å². The van der Waals surface area contributed by atoms with Crippen LogP contribution < -0.4 is 5.32 Å². The van der Waals surface area contributed by atoms with Crippen LogP contribution in [-0.4, -0.2) is 35.8 Å². The number of hydrogen-bond acceptors (Lipinski definition) is 3. The molecule has 0 radical (unpaired) electrons. The van der Waals surface area contributed by atoms with Gasteiger partial charge in [-0.2, -0.15) is 0 Å². The van der Waals surface area contributed by atoms with Gasteiger partial charge in [0.05, 0.1) is 11.8 Å². The Kier molecular flexibility index (Phi) is 1.97. The van der Waals surface area contributed by atoms with Gasteiger partial charge in [0.2, 0.25) is 11.8 Å². The summed E-state index contributed by atoms with van der Waals surface area (Å²) in [7, 11) is 0. The summed E-state index contributed by atoms with van der Waals surface area (Å²) < 4.78 is 0. The van der Waals surface area contributed by atoms with E-state index in [1.54, 1.807) is 0 Å². The summed E-state index contributed by atoms with van der Waals surface area (Å²) in [5, 5.41) is 3.33. The Labute approximate surface area is 95.4 Å². The standard InChI is InChI=1S/C12H18N2O2/c1-12(2)8-9(12)11(16)14(10(8)15)6-7-4-3-5-13-7/h7-9,13H,3-6H2,1-2H3. The Bertz CT molecular complexity index is 334. The highest BCUT2D eigenvalue weighted by Gasteiger charge is 2.72.